The van der Waals surface area contributed by atoms with E-state index in [-0.39, 0.29) is 24.6 Å². The van der Waals surface area contributed by atoms with Crippen molar-refractivity contribution in [2.75, 3.05) is 18.5 Å². The Kier molecular flexibility index (Phi) is 6.40. The predicted molar refractivity (Wildman–Crippen MR) is 121 cm³/mol. The van der Waals surface area contributed by atoms with E-state index in [0.717, 1.165) is 23.1 Å². The predicted octanol–water partition coefficient (Wildman–Crippen LogP) is 3.71. The molecule has 0 spiro atoms. The van der Waals surface area contributed by atoms with Crippen molar-refractivity contribution in [1.29, 1.82) is 0 Å². The van der Waals surface area contributed by atoms with Gasteiger partial charge in [-0.3, -0.25) is 14.9 Å². The number of nitrogens with one attached hydrogen (secondary N) is 3. The molecule has 0 aromatic heterocycles. The quantitative estimate of drug-likeness (QED) is 0.422. The second-order valence-electron chi connectivity index (χ2n) is 7.43. The van der Waals surface area contributed by atoms with Crippen molar-refractivity contribution in [2.24, 2.45) is 0 Å². The van der Waals surface area contributed by atoms with Crippen LogP contribution in [-0.4, -0.2) is 30.1 Å². The van der Waals surface area contributed by atoms with Gasteiger partial charge in [-0.05, 0) is 48.7 Å². The lowest BCUT2D eigenvalue weighted by molar-refractivity contribution is 0.0951. The van der Waals surface area contributed by atoms with Gasteiger partial charge in [-0.2, -0.15) is 0 Å². The van der Waals surface area contributed by atoms with Gasteiger partial charge in [0.15, 0.2) is 0 Å². The first kappa shape index (κ1) is 20.8. The fraction of sp³-hybridized carbons (Fsp3) is 0.200. The highest BCUT2D eigenvalue weighted by atomic mass is 16.3. The van der Waals surface area contributed by atoms with Crippen molar-refractivity contribution in [1.82, 2.24) is 10.6 Å². The first-order valence-corrected chi connectivity index (χ1v) is 10.4. The normalized spacial score (nSPS) is 14.7. The van der Waals surface area contributed by atoms with Crippen LogP contribution in [0.2, 0.25) is 0 Å². The van der Waals surface area contributed by atoms with Gasteiger partial charge in [0.25, 0.3) is 11.8 Å². The Morgan fingerprint density at radius 1 is 0.935 bits per heavy atom. The number of rotatable bonds is 8. The molecule has 158 valence electrons. The van der Waals surface area contributed by atoms with E-state index < -0.39 is 0 Å². The van der Waals surface area contributed by atoms with Gasteiger partial charge < -0.3 is 15.7 Å². The van der Waals surface area contributed by atoms with E-state index in [0.29, 0.717) is 29.8 Å². The molecule has 1 aliphatic heterocycles. The molecule has 1 aliphatic rings. The van der Waals surface area contributed by atoms with E-state index in [2.05, 4.69) is 16.0 Å². The lowest BCUT2D eigenvalue weighted by atomic mass is 9.94. The number of aliphatic hydroxyl groups excluding tert-OH is 1. The van der Waals surface area contributed by atoms with Gasteiger partial charge in [0.1, 0.15) is 6.17 Å². The molecular weight excluding hydrogens is 390 g/mol. The van der Waals surface area contributed by atoms with Crippen LogP contribution in [0.3, 0.4) is 0 Å². The Labute approximate surface area is 181 Å². The number of anilines is 1. The number of fused-ring (bicyclic) bond motifs is 1. The number of hydrogen-bond acceptors (Lipinski definition) is 4. The molecule has 0 saturated heterocycles. The second kappa shape index (κ2) is 9.55. The zero-order valence-corrected chi connectivity index (χ0v) is 17.1. The minimum Gasteiger partial charge on any atom is -0.396 e. The van der Waals surface area contributed by atoms with Crippen LogP contribution in [0.4, 0.5) is 5.69 Å². The van der Waals surface area contributed by atoms with Gasteiger partial charge in [0.05, 0.1) is 11.3 Å². The van der Waals surface area contributed by atoms with Gasteiger partial charge in [0, 0.05) is 17.7 Å². The molecule has 0 aliphatic carbocycles. The van der Waals surface area contributed by atoms with Crippen molar-refractivity contribution >= 4 is 17.5 Å². The van der Waals surface area contributed by atoms with Gasteiger partial charge in [0.2, 0.25) is 0 Å². The van der Waals surface area contributed by atoms with Crippen LogP contribution in [0.15, 0.2) is 72.8 Å². The highest BCUT2D eigenvalue weighted by Crippen LogP contribution is 2.38. The minimum atomic E-state index is -0.370. The number of carbonyl (C=O) groups excluding carboxylic acids is 2. The lowest BCUT2D eigenvalue weighted by Crippen LogP contribution is -2.32. The average molecular weight is 415 g/mol. The van der Waals surface area contributed by atoms with Gasteiger partial charge in [-0.1, -0.05) is 54.6 Å². The highest BCUT2D eigenvalue weighted by molar-refractivity contribution is 6.12. The lowest BCUT2D eigenvalue weighted by Gasteiger charge is -2.18. The second-order valence-corrected chi connectivity index (χ2v) is 7.43. The Morgan fingerprint density at radius 2 is 1.65 bits per heavy atom. The molecule has 1 unspecified atom stereocenters. The molecule has 0 radical (unpaired) electrons. The third kappa shape index (κ3) is 4.50. The smallest absolute Gasteiger partial charge is 0.255 e. The van der Waals surface area contributed by atoms with Crippen molar-refractivity contribution in [3.8, 4) is 11.1 Å². The number of aliphatic hydroxyl groups is 1. The summed E-state index contributed by atoms with van der Waals surface area (Å²) in [6.07, 6.45) is 1.12. The third-order valence-electron chi connectivity index (χ3n) is 5.34. The average Bonchev–Trinajstić information content (AvgIpc) is 3.15. The summed E-state index contributed by atoms with van der Waals surface area (Å²) in [5, 5.41) is 18.3. The molecule has 31 heavy (non-hydrogen) atoms. The maximum absolute atomic E-state index is 12.9. The summed E-state index contributed by atoms with van der Waals surface area (Å²) in [5.74, 6) is -0.488. The number of benzene rings is 3. The van der Waals surface area contributed by atoms with Crippen LogP contribution in [0.5, 0.6) is 0 Å². The number of unbranched alkanes of at least 4 members (excludes halogenated alkanes) is 1. The topological polar surface area (TPSA) is 90.5 Å². The van der Waals surface area contributed by atoms with Crippen LogP contribution in [0.1, 0.15) is 45.3 Å². The standard InChI is InChI=1S/C25H25N3O3/c29-16-8-7-15-26-23-21-19(17-9-3-1-4-10-17)13-14-20(22(21)25(31)28-23)27-24(30)18-11-5-2-6-12-18/h1-6,9-14,23,26,29H,7-8,15-16H2,(H,27,30)(H,28,31). The van der Waals surface area contributed by atoms with Crippen LogP contribution < -0.4 is 16.0 Å². The molecule has 4 N–H and O–H groups in total. The Hall–Kier alpha value is -3.48. The number of carbonyl (C=O) groups is 2. The van der Waals surface area contributed by atoms with E-state index in [1.165, 1.54) is 0 Å². The molecule has 1 atom stereocenters. The van der Waals surface area contributed by atoms with Crippen molar-refractivity contribution in [3.05, 3.63) is 89.5 Å². The summed E-state index contributed by atoms with van der Waals surface area (Å²) in [7, 11) is 0. The fourth-order valence-corrected chi connectivity index (χ4v) is 3.83. The zero-order valence-electron chi connectivity index (χ0n) is 17.1. The van der Waals surface area contributed by atoms with E-state index >= 15 is 0 Å². The maximum Gasteiger partial charge on any atom is 0.255 e. The van der Waals surface area contributed by atoms with E-state index in [1.807, 2.05) is 42.5 Å². The van der Waals surface area contributed by atoms with Crippen LogP contribution in [-0.2, 0) is 0 Å². The van der Waals surface area contributed by atoms with Crippen molar-refractivity contribution in [3.63, 3.8) is 0 Å². The van der Waals surface area contributed by atoms with Crippen molar-refractivity contribution < 1.29 is 14.7 Å². The first-order chi connectivity index (χ1) is 15.2. The van der Waals surface area contributed by atoms with Gasteiger partial charge in [-0.25, -0.2) is 0 Å². The molecule has 6 nitrogen and oxygen atoms in total. The molecule has 6 heteroatoms. The monoisotopic (exact) mass is 415 g/mol. The molecule has 4 rings (SSSR count). The summed E-state index contributed by atoms with van der Waals surface area (Å²) >= 11 is 0. The molecule has 0 fully saturated rings. The van der Waals surface area contributed by atoms with Crippen LogP contribution in [0.25, 0.3) is 11.1 Å². The largest absolute Gasteiger partial charge is 0.396 e. The summed E-state index contributed by atoms with van der Waals surface area (Å²) in [4.78, 5) is 25.7. The Bertz CT molecular complexity index is 1070. The van der Waals surface area contributed by atoms with E-state index in [1.54, 1.807) is 30.3 Å². The minimum absolute atomic E-state index is 0.139. The number of amides is 2. The van der Waals surface area contributed by atoms with Crippen LogP contribution >= 0.6 is 0 Å². The summed E-state index contributed by atoms with van der Waals surface area (Å²) in [6.45, 7) is 0.792. The fourth-order valence-electron chi connectivity index (χ4n) is 3.83. The maximum atomic E-state index is 12.9. The zero-order chi connectivity index (χ0) is 21.6. The third-order valence-corrected chi connectivity index (χ3v) is 5.34. The molecule has 1 heterocycles. The SMILES string of the molecule is O=C(Nc1ccc(-c2ccccc2)c2c1C(=O)NC2NCCCCO)c1ccccc1. The van der Waals surface area contributed by atoms with Gasteiger partial charge in [-0.15, -0.1) is 0 Å². The number of hydrogen-bond donors (Lipinski definition) is 4. The first-order valence-electron chi connectivity index (χ1n) is 10.4. The Balaban J connectivity index is 1.71. The summed E-state index contributed by atoms with van der Waals surface area (Å²) in [6, 6.07) is 22.5. The van der Waals surface area contributed by atoms with E-state index in [4.69, 9.17) is 5.11 Å². The van der Waals surface area contributed by atoms with Crippen LogP contribution in [0, 0.1) is 0 Å². The summed E-state index contributed by atoms with van der Waals surface area (Å²) in [5.41, 5.74) is 4.25. The van der Waals surface area contributed by atoms with Crippen molar-refractivity contribution in [2.45, 2.75) is 19.0 Å². The molecule has 0 saturated carbocycles. The Morgan fingerprint density at radius 3 is 2.35 bits per heavy atom. The summed E-state index contributed by atoms with van der Waals surface area (Å²) < 4.78 is 0. The molecule has 3 aromatic rings. The molecular formula is C25H25N3O3. The highest BCUT2D eigenvalue weighted by Gasteiger charge is 2.34. The van der Waals surface area contributed by atoms with Gasteiger partial charge >= 0.3 is 0 Å². The molecule has 2 amide bonds. The molecule has 0 bridgehead atoms. The molecule has 3 aromatic carbocycles. The van der Waals surface area contributed by atoms with E-state index in [9.17, 15) is 9.59 Å².